The van der Waals surface area contributed by atoms with Crippen LogP contribution in [0.2, 0.25) is 0 Å². The van der Waals surface area contributed by atoms with Crippen molar-refractivity contribution >= 4 is 40.8 Å². The first kappa shape index (κ1) is 15.8. The van der Waals surface area contributed by atoms with E-state index in [1.807, 2.05) is 12.1 Å². The Hall–Kier alpha value is -1.24. The van der Waals surface area contributed by atoms with E-state index in [0.29, 0.717) is 12.5 Å². The van der Waals surface area contributed by atoms with Crippen LogP contribution in [0.25, 0.3) is 10.9 Å². The van der Waals surface area contributed by atoms with Crippen molar-refractivity contribution in [2.75, 3.05) is 6.54 Å². The zero-order valence-electron chi connectivity index (χ0n) is 11.1. The van der Waals surface area contributed by atoms with Crippen LogP contribution in [0.1, 0.15) is 25.5 Å². The number of para-hydroxylation sites is 1. The number of nitrogens with zero attached hydrogens (tertiary/aromatic N) is 1. The standard InChI is InChI=1S/C14H20N4.HI/c1-2-3-8-16-14(15)17-10-12-9-11-6-4-5-7-13(11)18-12;/h4-7,9,18H,2-3,8,10H2,1H3,(H3,15,16,17);1H. The summed E-state index contributed by atoms with van der Waals surface area (Å²) >= 11 is 0. The number of nitrogens with two attached hydrogens (primary N) is 1. The van der Waals surface area contributed by atoms with Crippen LogP contribution in [0.5, 0.6) is 0 Å². The second-order valence-electron chi connectivity index (χ2n) is 4.36. The number of H-pyrrole nitrogens is 1. The third kappa shape index (κ3) is 4.74. The summed E-state index contributed by atoms with van der Waals surface area (Å²) in [6, 6.07) is 10.3. The fraction of sp³-hybridized carbons (Fsp3) is 0.357. The molecule has 5 heteroatoms. The smallest absolute Gasteiger partial charge is 0.188 e. The lowest BCUT2D eigenvalue weighted by molar-refractivity contribution is 0.747. The number of guanidine groups is 1. The summed E-state index contributed by atoms with van der Waals surface area (Å²) in [7, 11) is 0. The molecule has 0 radical (unpaired) electrons. The molecule has 0 atom stereocenters. The van der Waals surface area contributed by atoms with Crippen molar-refractivity contribution in [1.82, 2.24) is 10.3 Å². The Kier molecular flexibility index (Phi) is 6.69. The van der Waals surface area contributed by atoms with Crippen LogP contribution in [-0.4, -0.2) is 17.5 Å². The normalized spacial score (nSPS) is 11.3. The summed E-state index contributed by atoms with van der Waals surface area (Å²) in [5, 5.41) is 4.31. The number of unbranched alkanes of at least 4 members (excludes halogenated alkanes) is 1. The molecule has 0 unspecified atom stereocenters. The minimum absolute atomic E-state index is 0. The van der Waals surface area contributed by atoms with E-state index in [9.17, 15) is 0 Å². The number of hydrogen-bond donors (Lipinski definition) is 3. The number of aromatic nitrogens is 1. The van der Waals surface area contributed by atoms with Gasteiger partial charge in [-0.3, -0.25) is 0 Å². The van der Waals surface area contributed by atoms with Gasteiger partial charge < -0.3 is 16.0 Å². The van der Waals surface area contributed by atoms with Crippen LogP contribution in [0, 0.1) is 0 Å². The molecular weight excluding hydrogens is 351 g/mol. The summed E-state index contributed by atoms with van der Waals surface area (Å²) < 4.78 is 0. The van der Waals surface area contributed by atoms with E-state index in [1.165, 1.54) is 5.39 Å². The van der Waals surface area contributed by atoms with Gasteiger partial charge in [0.1, 0.15) is 0 Å². The van der Waals surface area contributed by atoms with Crippen molar-refractivity contribution in [3.05, 3.63) is 36.0 Å². The van der Waals surface area contributed by atoms with Gasteiger partial charge in [-0.05, 0) is 23.9 Å². The molecule has 0 aliphatic carbocycles. The average molecular weight is 372 g/mol. The van der Waals surface area contributed by atoms with Gasteiger partial charge in [0.05, 0.1) is 6.54 Å². The number of aliphatic imine (C=N–C) groups is 1. The number of hydrogen-bond acceptors (Lipinski definition) is 1. The minimum atomic E-state index is 0. The Morgan fingerprint density at radius 3 is 2.89 bits per heavy atom. The maximum Gasteiger partial charge on any atom is 0.188 e. The molecule has 0 aliphatic rings. The molecule has 1 aromatic carbocycles. The molecule has 19 heavy (non-hydrogen) atoms. The molecule has 0 saturated carbocycles. The molecule has 1 aromatic heterocycles. The maximum atomic E-state index is 5.78. The van der Waals surface area contributed by atoms with Crippen molar-refractivity contribution in [3.63, 3.8) is 0 Å². The van der Waals surface area contributed by atoms with Crippen LogP contribution in [0.15, 0.2) is 35.3 Å². The molecule has 0 fully saturated rings. The summed E-state index contributed by atoms with van der Waals surface area (Å²) in [6.07, 6.45) is 2.27. The van der Waals surface area contributed by atoms with Crippen LogP contribution < -0.4 is 11.1 Å². The van der Waals surface area contributed by atoms with Gasteiger partial charge >= 0.3 is 0 Å². The van der Waals surface area contributed by atoms with Gasteiger partial charge in [-0.15, -0.1) is 24.0 Å². The summed E-state index contributed by atoms with van der Waals surface area (Å²) in [6.45, 7) is 3.62. The lowest BCUT2D eigenvalue weighted by Crippen LogP contribution is -2.32. The zero-order chi connectivity index (χ0) is 12.8. The number of fused-ring (bicyclic) bond motifs is 1. The van der Waals surface area contributed by atoms with Crippen molar-refractivity contribution < 1.29 is 0 Å². The molecule has 0 amide bonds. The molecule has 0 saturated heterocycles. The second-order valence-corrected chi connectivity index (χ2v) is 4.36. The highest BCUT2D eigenvalue weighted by atomic mass is 127. The molecule has 0 aliphatic heterocycles. The number of aromatic amines is 1. The first-order valence-electron chi connectivity index (χ1n) is 6.40. The number of benzene rings is 1. The Bertz CT molecular complexity index is 500. The number of nitrogens with one attached hydrogen (secondary N) is 2. The summed E-state index contributed by atoms with van der Waals surface area (Å²) in [5.41, 5.74) is 8.00. The molecule has 4 N–H and O–H groups in total. The quantitative estimate of drug-likeness (QED) is 0.327. The summed E-state index contributed by atoms with van der Waals surface area (Å²) in [4.78, 5) is 7.64. The van der Waals surface area contributed by atoms with Crippen LogP contribution >= 0.6 is 24.0 Å². The van der Waals surface area contributed by atoms with Gasteiger partial charge in [-0.25, -0.2) is 4.99 Å². The van der Waals surface area contributed by atoms with Crippen molar-refractivity contribution in [2.24, 2.45) is 10.7 Å². The van der Waals surface area contributed by atoms with E-state index in [0.717, 1.165) is 30.6 Å². The Balaban J connectivity index is 0.00000180. The van der Waals surface area contributed by atoms with Gasteiger partial charge in [0.25, 0.3) is 0 Å². The zero-order valence-corrected chi connectivity index (χ0v) is 13.5. The third-order valence-electron chi connectivity index (χ3n) is 2.84. The molecule has 2 aromatic rings. The van der Waals surface area contributed by atoms with Crippen molar-refractivity contribution in [2.45, 2.75) is 26.3 Å². The van der Waals surface area contributed by atoms with Crippen LogP contribution in [0.4, 0.5) is 0 Å². The molecule has 104 valence electrons. The fourth-order valence-electron chi connectivity index (χ4n) is 1.84. The van der Waals surface area contributed by atoms with E-state index < -0.39 is 0 Å². The predicted molar refractivity (Wildman–Crippen MR) is 92.0 cm³/mol. The van der Waals surface area contributed by atoms with Gasteiger partial charge in [0.2, 0.25) is 0 Å². The second kappa shape index (κ2) is 8.04. The van der Waals surface area contributed by atoms with E-state index in [2.05, 4.69) is 40.4 Å². The first-order chi connectivity index (χ1) is 8.79. The number of halogens is 1. The lowest BCUT2D eigenvalue weighted by atomic mass is 10.2. The minimum Gasteiger partial charge on any atom is -0.370 e. The van der Waals surface area contributed by atoms with Crippen molar-refractivity contribution in [1.29, 1.82) is 0 Å². The molecule has 1 heterocycles. The number of rotatable bonds is 5. The van der Waals surface area contributed by atoms with Crippen LogP contribution in [-0.2, 0) is 6.54 Å². The lowest BCUT2D eigenvalue weighted by Gasteiger charge is -2.03. The Labute approximate surface area is 130 Å². The highest BCUT2D eigenvalue weighted by molar-refractivity contribution is 14.0. The van der Waals surface area contributed by atoms with Crippen molar-refractivity contribution in [3.8, 4) is 0 Å². The first-order valence-corrected chi connectivity index (χ1v) is 6.40. The molecular formula is C14H21IN4. The van der Waals surface area contributed by atoms with E-state index in [-0.39, 0.29) is 24.0 Å². The largest absolute Gasteiger partial charge is 0.370 e. The average Bonchev–Trinajstić information content (AvgIpc) is 2.79. The summed E-state index contributed by atoms with van der Waals surface area (Å²) in [5.74, 6) is 0.516. The van der Waals surface area contributed by atoms with Crippen LogP contribution in [0.3, 0.4) is 0 Å². The van der Waals surface area contributed by atoms with E-state index in [4.69, 9.17) is 5.73 Å². The van der Waals surface area contributed by atoms with E-state index >= 15 is 0 Å². The fourth-order valence-corrected chi connectivity index (χ4v) is 1.84. The van der Waals surface area contributed by atoms with Gasteiger partial charge in [-0.1, -0.05) is 31.5 Å². The topological polar surface area (TPSA) is 66.2 Å². The SMILES string of the molecule is CCCCNC(N)=NCc1cc2ccccc2[nH]1.I. The maximum absolute atomic E-state index is 5.78. The highest BCUT2D eigenvalue weighted by Crippen LogP contribution is 2.14. The third-order valence-corrected chi connectivity index (χ3v) is 2.84. The highest BCUT2D eigenvalue weighted by Gasteiger charge is 1.99. The monoisotopic (exact) mass is 372 g/mol. The van der Waals surface area contributed by atoms with Gasteiger partial charge in [0, 0.05) is 17.8 Å². The predicted octanol–water partition coefficient (Wildman–Crippen LogP) is 2.99. The Morgan fingerprint density at radius 2 is 2.16 bits per heavy atom. The van der Waals surface area contributed by atoms with Gasteiger partial charge in [-0.2, -0.15) is 0 Å². The molecule has 0 spiro atoms. The van der Waals surface area contributed by atoms with Gasteiger partial charge in [0.15, 0.2) is 5.96 Å². The molecule has 0 bridgehead atoms. The molecule has 2 rings (SSSR count). The molecule has 4 nitrogen and oxygen atoms in total. The van der Waals surface area contributed by atoms with E-state index in [1.54, 1.807) is 0 Å². The Morgan fingerprint density at radius 1 is 1.37 bits per heavy atom.